The summed E-state index contributed by atoms with van der Waals surface area (Å²) in [6.45, 7) is 1.49. The highest BCUT2D eigenvalue weighted by molar-refractivity contribution is 9.10. The Balaban J connectivity index is 1.59. The van der Waals surface area contributed by atoms with E-state index in [1.807, 2.05) is 36.4 Å². The van der Waals surface area contributed by atoms with Crippen LogP contribution >= 0.6 is 27.5 Å². The van der Waals surface area contributed by atoms with Crippen LogP contribution in [0.4, 0.5) is 0 Å². The van der Waals surface area contributed by atoms with Crippen LogP contribution in [0.15, 0.2) is 40.9 Å². The summed E-state index contributed by atoms with van der Waals surface area (Å²) in [6.07, 6.45) is 0.283. The summed E-state index contributed by atoms with van der Waals surface area (Å²) < 4.78 is 11.9. The van der Waals surface area contributed by atoms with E-state index in [1.54, 1.807) is 0 Å². The quantitative estimate of drug-likeness (QED) is 0.856. The second-order valence-electron chi connectivity index (χ2n) is 5.17. The minimum absolute atomic E-state index is 0.0688. The fraction of sp³-hybridized carbons (Fsp3) is 0.235. The van der Waals surface area contributed by atoms with E-state index >= 15 is 0 Å². The third-order valence-electron chi connectivity index (χ3n) is 3.46. The summed E-state index contributed by atoms with van der Waals surface area (Å²) in [6, 6.07) is 11.2. The number of hydrogen-bond acceptors (Lipinski definition) is 3. The van der Waals surface area contributed by atoms with Crippen LogP contribution in [-0.4, -0.2) is 19.1 Å². The minimum Gasteiger partial charge on any atom is -0.486 e. The Labute approximate surface area is 147 Å². The second-order valence-corrected chi connectivity index (χ2v) is 6.49. The molecule has 0 radical (unpaired) electrons. The van der Waals surface area contributed by atoms with Crippen molar-refractivity contribution in [2.75, 3.05) is 13.2 Å². The van der Waals surface area contributed by atoms with Crippen molar-refractivity contribution in [1.82, 2.24) is 5.32 Å². The van der Waals surface area contributed by atoms with Crippen molar-refractivity contribution in [3.63, 3.8) is 0 Å². The summed E-state index contributed by atoms with van der Waals surface area (Å²) in [5.74, 6) is 1.35. The van der Waals surface area contributed by atoms with Gasteiger partial charge in [0.2, 0.25) is 5.91 Å². The predicted octanol–water partition coefficient (Wildman–Crippen LogP) is 3.73. The van der Waals surface area contributed by atoms with Crippen LogP contribution in [0, 0.1) is 0 Å². The molecule has 120 valence electrons. The summed E-state index contributed by atoms with van der Waals surface area (Å²) in [5, 5.41) is 3.50. The molecule has 23 heavy (non-hydrogen) atoms. The second kappa shape index (κ2) is 7.23. The van der Waals surface area contributed by atoms with Gasteiger partial charge in [0.05, 0.1) is 6.42 Å². The van der Waals surface area contributed by atoms with Crippen molar-refractivity contribution in [2.24, 2.45) is 0 Å². The lowest BCUT2D eigenvalue weighted by Gasteiger charge is -2.18. The summed E-state index contributed by atoms with van der Waals surface area (Å²) in [5.41, 5.74) is 1.76. The Morgan fingerprint density at radius 2 is 1.91 bits per heavy atom. The van der Waals surface area contributed by atoms with E-state index in [0.29, 0.717) is 30.5 Å². The van der Waals surface area contributed by atoms with Gasteiger partial charge in [-0.1, -0.05) is 39.7 Å². The first-order chi connectivity index (χ1) is 11.1. The molecular formula is C17H15BrClNO3. The first-order valence-electron chi connectivity index (χ1n) is 7.21. The summed E-state index contributed by atoms with van der Waals surface area (Å²) >= 11 is 9.50. The van der Waals surface area contributed by atoms with Crippen molar-refractivity contribution >= 4 is 33.4 Å². The van der Waals surface area contributed by atoms with Gasteiger partial charge in [-0.05, 0) is 35.4 Å². The number of ether oxygens (including phenoxy) is 2. The first-order valence-corrected chi connectivity index (χ1v) is 8.38. The van der Waals surface area contributed by atoms with E-state index in [2.05, 4.69) is 21.2 Å². The maximum atomic E-state index is 12.1. The van der Waals surface area contributed by atoms with Gasteiger partial charge in [-0.3, -0.25) is 4.79 Å². The zero-order valence-electron chi connectivity index (χ0n) is 12.3. The molecule has 1 heterocycles. The Morgan fingerprint density at radius 1 is 1.13 bits per heavy atom. The molecule has 4 nitrogen and oxygen atoms in total. The zero-order valence-corrected chi connectivity index (χ0v) is 14.6. The van der Waals surface area contributed by atoms with Crippen molar-refractivity contribution in [1.29, 1.82) is 0 Å². The van der Waals surface area contributed by atoms with Gasteiger partial charge in [-0.25, -0.2) is 0 Å². The van der Waals surface area contributed by atoms with Gasteiger partial charge in [0.1, 0.15) is 13.2 Å². The molecular weight excluding hydrogens is 382 g/mol. The van der Waals surface area contributed by atoms with E-state index in [1.165, 1.54) is 0 Å². The number of nitrogens with one attached hydrogen (secondary N) is 1. The van der Waals surface area contributed by atoms with E-state index in [-0.39, 0.29) is 12.3 Å². The van der Waals surface area contributed by atoms with Crippen LogP contribution in [0.3, 0.4) is 0 Å². The topological polar surface area (TPSA) is 47.6 Å². The molecule has 0 unspecified atom stereocenters. The van der Waals surface area contributed by atoms with Gasteiger partial charge in [0, 0.05) is 16.0 Å². The lowest BCUT2D eigenvalue weighted by molar-refractivity contribution is -0.120. The van der Waals surface area contributed by atoms with Crippen LogP contribution < -0.4 is 14.8 Å². The van der Waals surface area contributed by atoms with Crippen LogP contribution in [0.25, 0.3) is 0 Å². The Bertz CT molecular complexity index is 736. The molecule has 0 fully saturated rings. The third kappa shape index (κ3) is 4.18. The van der Waals surface area contributed by atoms with Crippen molar-refractivity contribution in [3.05, 3.63) is 57.0 Å². The third-order valence-corrected chi connectivity index (χ3v) is 4.31. The van der Waals surface area contributed by atoms with Crippen LogP contribution in [0.2, 0.25) is 5.02 Å². The highest BCUT2D eigenvalue weighted by atomic mass is 79.9. The number of amides is 1. The summed E-state index contributed by atoms with van der Waals surface area (Å²) in [4.78, 5) is 12.1. The number of hydrogen-bond donors (Lipinski definition) is 1. The zero-order chi connectivity index (χ0) is 16.2. The van der Waals surface area contributed by atoms with Crippen molar-refractivity contribution in [3.8, 4) is 11.5 Å². The number of rotatable bonds is 4. The molecule has 6 heteroatoms. The monoisotopic (exact) mass is 395 g/mol. The van der Waals surface area contributed by atoms with Gasteiger partial charge >= 0.3 is 0 Å². The molecule has 0 saturated carbocycles. The lowest BCUT2D eigenvalue weighted by Crippen LogP contribution is -2.24. The first kappa shape index (κ1) is 16.1. The van der Waals surface area contributed by atoms with Gasteiger partial charge in [0.15, 0.2) is 11.5 Å². The molecule has 1 aliphatic rings. The fourth-order valence-corrected chi connectivity index (χ4v) is 3.04. The van der Waals surface area contributed by atoms with Gasteiger partial charge < -0.3 is 14.8 Å². The maximum Gasteiger partial charge on any atom is 0.224 e. The Kier molecular flexibility index (Phi) is 5.08. The highest BCUT2D eigenvalue weighted by Crippen LogP contribution is 2.30. The van der Waals surface area contributed by atoms with Crippen LogP contribution in [0.1, 0.15) is 11.1 Å². The van der Waals surface area contributed by atoms with E-state index in [4.69, 9.17) is 21.1 Å². The molecule has 3 rings (SSSR count). The van der Waals surface area contributed by atoms with E-state index in [0.717, 1.165) is 21.3 Å². The fourth-order valence-electron chi connectivity index (χ4n) is 2.30. The molecule has 1 amide bonds. The number of halogens is 2. The lowest BCUT2D eigenvalue weighted by atomic mass is 10.1. The SMILES string of the molecule is O=C(Cc1ccc2c(c1)OCCO2)NCc1ccc(Br)cc1Cl. The molecule has 0 saturated heterocycles. The van der Waals surface area contributed by atoms with Crippen molar-refractivity contribution < 1.29 is 14.3 Å². The average Bonchev–Trinajstić information content (AvgIpc) is 2.54. The molecule has 0 bridgehead atoms. The Hall–Kier alpha value is -1.72. The molecule has 2 aromatic rings. The minimum atomic E-state index is -0.0688. The molecule has 1 aliphatic heterocycles. The summed E-state index contributed by atoms with van der Waals surface area (Å²) in [7, 11) is 0. The van der Waals surface area contributed by atoms with E-state index < -0.39 is 0 Å². The molecule has 0 aliphatic carbocycles. The Morgan fingerprint density at radius 3 is 2.70 bits per heavy atom. The maximum absolute atomic E-state index is 12.1. The molecule has 0 spiro atoms. The van der Waals surface area contributed by atoms with Gasteiger partial charge in [-0.15, -0.1) is 0 Å². The predicted molar refractivity (Wildman–Crippen MR) is 92.1 cm³/mol. The number of benzene rings is 2. The van der Waals surface area contributed by atoms with Gasteiger partial charge in [-0.2, -0.15) is 0 Å². The standard InChI is InChI=1S/C17H15BrClNO3/c18-13-3-2-12(14(19)9-13)10-20-17(21)8-11-1-4-15-16(7-11)23-6-5-22-15/h1-4,7,9H,5-6,8,10H2,(H,20,21). The smallest absolute Gasteiger partial charge is 0.224 e. The highest BCUT2D eigenvalue weighted by Gasteiger charge is 2.13. The molecule has 0 aromatic heterocycles. The number of fused-ring (bicyclic) bond motifs is 1. The van der Waals surface area contributed by atoms with Crippen molar-refractivity contribution in [2.45, 2.75) is 13.0 Å². The largest absolute Gasteiger partial charge is 0.486 e. The normalized spacial score (nSPS) is 12.8. The average molecular weight is 397 g/mol. The van der Waals surface area contributed by atoms with Crippen LogP contribution in [0.5, 0.6) is 11.5 Å². The number of carbonyl (C=O) groups excluding carboxylic acids is 1. The molecule has 0 atom stereocenters. The van der Waals surface area contributed by atoms with Gasteiger partial charge in [0.25, 0.3) is 0 Å². The molecule has 1 N–H and O–H groups in total. The molecule has 2 aromatic carbocycles. The van der Waals surface area contributed by atoms with E-state index in [9.17, 15) is 4.79 Å². The van der Waals surface area contributed by atoms with Crippen LogP contribution in [-0.2, 0) is 17.8 Å². The number of carbonyl (C=O) groups is 1.